The number of aromatic nitrogens is 2. The van der Waals surface area contributed by atoms with Crippen LogP contribution in [0.25, 0.3) is 43.6 Å². The normalized spacial score (nSPS) is 11.7. The first-order valence-electron chi connectivity index (χ1n) is 8.74. The van der Waals surface area contributed by atoms with Crippen molar-refractivity contribution < 1.29 is 14.3 Å². The van der Waals surface area contributed by atoms with E-state index in [1.54, 1.807) is 6.92 Å². The molecule has 5 rings (SSSR count). The van der Waals surface area contributed by atoms with Crippen LogP contribution in [-0.2, 0) is 4.74 Å². The van der Waals surface area contributed by atoms with Gasteiger partial charge in [-0.05, 0) is 49.4 Å². The summed E-state index contributed by atoms with van der Waals surface area (Å²) >= 11 is 7.08. The quantitative estimate of drug-likeness (QED) is 0.202. The van der Waals surface area contributed by atoms with Crippen molar-refractivity contribution in [1.29, 1.82) is 0 Å². The van der Waals surface area contributed by atoms with Gasteiger partial charge in [0.25, 0.3) is 0 Å². The number of ether oxygens (including phenoxy) is 2. The minimum atomic E-state index is -0.726. The Morgan fingerprint density at radius 1 is 0.857 bits per heavy atom. The van der Waals surface area contributed by atoms with Gasteiger partial charge in [-0.3, -0.25) is 0 Å². The van der Waals surface area contributed by atoms with E-state index >= 15 is 0 Å². The number of benzene rings is 3. The predicted octanol–water partition coefficient (Wildman–Crippen LogP) is 7.02. The molecule has 0 saturated carbocycles. The third-order valence-corrected chi connectivity index (χ3v) is 5.78. The van der Waals surface area contributed by atoms with Crippen molar-refractivity contribution in [2.75, 3.05) is 6.61 Å². The third kappa shape index (κ3) is 2.69. The Labute approximate surface area is 176 Å². The maximum absolute atomic E-state index is 12.2. The molecule has 0 aliphatic heterocycles. The molecule has 0 spiro atoms. The molecule has 0 aliphatic carbocycles. The summed E-state index contributed by atoms with van der Waals surface area (Å²) in [7, 11) is 0. The summed E-state index contributed by atoms with van der Waals surface area (Å²) in [6.45, 7) is 2.00. The molecule has 5 aromatic rings. The highest BCUT2D eigenvalue weighted by Gasteiger charge is 2.20. The number of carbonyl (C=O) groups is 1. The van der Waals surface area contributed by atoms with Gasteiger partial charge in [0.1, 0.15) is 0 Å². The topological polar surface area (TPSA) is 67.1 Å². The van der Waals surface area contributed by atoms with Crippen molar-refractivity contribution in [3.8, 4) is 5.75 Å². The molecule has 0 fully saturated rings. The van der Waals surface area contributed by atoms with Gasteiger partial charge in [-0.25, -0.2) is 4.79 Å². The van der Waals surface area contributed by atoms with Crippen LogP contribution in [0.5, 0.6) is 5.75 Å². The standard InChI is InChI=1S/C21H14Br2N2O3/c1-2-27-21(26)28-20-18-14(12-7-10(22)3-5-16(12)24-18)9-15-13-8-11(23)4-6-17(13)25-19(15)20/h3-9,24-25H,2H2,1H3. The van der Waals surface area contributed by atoms with E-state index in [0.29, 0.717) is 5.75 Å². The number of nitrogens with one attached hydrogen (secondary N) is 2. The van der Waals surface area contributed by atoms with Crippen LogP contribution in [0.3, 0.4) is 0 Å². The monoisotopic (exact) mass is 500 g/mol. The zero-order valence-corrected chi connectivity index (χ0v) is 17.9. The maximum atomic E-state index is 12.2. The highest BCUT2D eigenvalue weighted by atomic mass is 79.9. The molecule has 0 amide bonds. The molecule has 0 saturated heterocycles. The highest BCUT2D eigenvalue weighted by molar-refractivity contribution is 9.10. The molecular formula is C21H14Br2N2O3. The average molecular weight is 502 g/mol. The van der Waals surface area contributed by atoms with Gasteiger partial charge < -0.3 is 19.4 Å². The van der Waals surface area contributed by atoms with Crippen LogP contribution >= 0.6 is 31.9 Å². The van der Waals surface area contributed by atoms with Crippen LogP contribution in [0.2, 0.25) is 0 Å². The van der Waals surface area contributed by atoms with Crippen molar-refractivity contribution in [2.45, 2.75) is 6.92 Å². The van der Waals surface area contributed by atoms with Gasteiger partial charge in [0.2, 0.25) is 0 Å². The lowest BCUT2D eigenvalue weighted by atomic mass is 10.1. The molecule has 5 nitrogen and oxygen atoms in total. The minimum absolute atomic E-state index is 0.247. The highest BCUT2D eigenvalue weighted by Crippen LogP contribution is 2.41. The fourth-order valence-corrected chi connectivity index (χ4v) is 4.35. The molecule has 0 bridgehead atoms. The van der Waals surface area contributed by atoms with Crippen molar-refractivity contribution in [2.24, 2.45) is 0 Å². The second kappa shape index (κ2) is 6.53. The molecular weight excluding hydrogens is 488 g/mol. The molecule has 2 heterocycles. The summed E-state index contributed by atoms with van der Waals surface area (Å²) in [5, 5.41) is 4.04. The Balaban J connectivity index is 1.93. The first-order valence-corrected chi connectivity index (χ1v) is 10.3. The molecule has 2 aromatic heterocycles. The van der Waals surface area contributed by atoms with Gasteiger partial charge in [-0.2, -0.15) is 0 Å². The molecule has 7 heteroatoms. The van der Waals surface area contributed by atoms with Crippen molar-refractivity contribution >= 4 is 81.6 Å². The largest absolute Gasteiger partial charge is 0.513 e. The Bertz CT molecular complexity index is 1310. The lowest BCUT2D eigenvalue weighted by molar-refractivity contribution is 0.105. The smallest absolute Gasteiger partial charge is 0.434 e. The van der Waals surface area contributed by atoms with E-state index in [1.165, 1.54) is 0 Å². The summed E-state index contributed by atoms with van der Waals surface area (Å²) in [5.41, 5.74) is 3.42. The van der Waals surface area contributed by atoms with Gasteiger partial charge in [0, 0.05) is 41.5 Å². The molecule has 28 heavy (non-hydrogen) atoms. The molecule has 0 aliphatic rings. The third-order valence-electron chi connectivity index (χ3n) is 4.79. The number of hydrogen-bond acceptors (Lipinski definition) is 3. The van der Waals surface area contributed by atoms with Crippen molar-refractivity contribution in [3.63, 3.8) is 0 Å². The van der Waals surface area contributed by atoms with Gasteiger partial charge in [0.15, 0.2) is 5.75 Å². The Morgan fingerprint density at radius 3 is 1.89 bits per heavy atom. The SMILES string of the molecule is CCOC(=O)Oc1c2[nH]c3ccc(Br)cc3c2cc2c1[nH]c1ccc(Br)cc12. The fourth-order valence-electron chi connectivity index (χ4n) is 3.63. The fraction of sp³-hybridized carbons (Fsp3) is 0.0952. The predicted molar refractivity (Wildman–Crippen MR) is 118 cm³/mol. The lowest BCUT2D eigenvalue weighted by Gasteiger charge is -2.07. The summed E-state index contributed by atoms with van der Waals surface area (Å²) in [5.74, 6) is 0.436. The van der Waals surface area contributed by atoms with E-state index in [4.69, 9.17) is 9.47 Å². The number of carbonyl (C=O) groups excluding carboxylic acids is 1. The first kappa shape index (κ1) is 17.6. The number of aromatic amines is 2. The van der Waals surface area contributed by atoms with Gasteiger partial charge in [-0.15, -0.1) is 0 Å². The zero-order valence-electron chi connectivity index (χ0n) is 14.7. The van der Waals surface area contributed by atoms with Gasteiger partial charge in [-0.1, -0.05) is 31.9 Å². The first-order chi connectivity index (χ1) is 13.5. The summed E-state index contributed by atoms with van der Waals surface area (Å²) < 4.78 is 12.6. The molecule has 0 atom stereocenters. The number of fused-ring (bicyclic) bond motifs is 6. The Morgan fingerprint density at radius 2 is 1.39 bits per heavy atom. The summed E-state index contributed by atoms with van der Waals surface area (Å²) in [6, 6.07) is 14.2. The molecule has 140 valence electrons. The summed E-state index contributed by atoms with van der Waals surface area (Å²) in [4.78, 5) is 18.9. The molecule has 0 unspecified atom stereocenters. The van der Waals surface area contributed by atoms with Gasteiger partial charge in [0.05, 0.1) is 17.6 Å². The lowest BCUT2D eigenvalue weighted by Crippen LogP contribution is -2.10. The maximum Gasteiger partial charge on any atom is 0.513 e. The number of halogens is 2. The van der Waals surface area contributed by atoms with E-state index in [1.807, 2.05) is 24.3 Å². The summed E-state index contributed by atoms with van der Waals surface area (Å²) in [6.07, 6.45) is -0.726. The number of rotatable bonds is 2. The van der Waals surface area contributed by atoms with Crippen LogP contribution in [0.4, 0.5) is 4.79 Å². The molecule has 0 radical (unpaired) electrons. The van der Waals surface area contributed by atoms with Crippen LogP contribution in [-0.4, -0.2) is 22.7 Å². The average Bonchev–Trinajstić information content (AvgIpc) is 3.20. The second-order valence-corrected chi connectivity index (χ2v) is 8.30. The number of H-pyrrole nitrogens is 2. The van der Waals surface area contributed by atoms with E-state index in [-0.39, 0.29) is 6.61 Å². The van der Waals surface area contributed by atoms with Gasteiger partial charge >= 0.3 is 6.16 Å². The van der Waals surface area contributed by atoms with E-state index in [2.05, 4.69) is 60.0 Å². The van der Waals surface area contributed by atoms with E-state index in [0.717, 1.165) is 52.6 Å². The van der Waals surface area contributed by atoms with Crippen LogP contribution in [0.15, 0.2) is 51.4 Å². The minimum Gasteiger partial charge on any atom is -0.434 e. The van der Waals surface area contributed by atoms with Crippen molar-refractivity contribution in [3.05, 3.63) is 51.4 Å². The molecule has 3 aromatic carbocycles. The van der Waals surface area contributed by atoms with E-state index < -0.39 is 6.16 Å². The molecule has 2 N–H and O–H groups in total. The Kier molecular flexibility index (Phi) is 4.10. The van der Waals surface area contributed by atoms with Crippen molar-refractivity contribution in [1.82, 2.24) is 9.97 Å². The van der Waals surface area contributed by atoms with Crippen LogP contribution < -0.4 is 4.74 Å². The van der Waals surface area contributed by atoms with Crippen LogP contribution in [0.1, 0.15) is 6.92 Å². The zero-order chi connectivity index (χ0) is 19.4. The number of hydrogen-bond donors (Lipinski definition) is 2. The van der Waals surface area contributed by atoms with E-state index in [9.17, 15) is 4.79 Å². The second-order valence-electron chi connectivity index (χ2n) is 6.47. The van der Waals surface area contributed by atoms with Crippen LogP contribution in [0, 0.1) is 0 Å². The Hall–Kier alpha value is -2.51.